The second-order valence-corrected chi connectivity index (χ2v) is 5.81. The van der Waals surface area contributed by atoms with Crippen molar-refractivity contribution in [1.82, 2.24) is 4.90 Å². The first kappa shape index (κ1) is 16.8. The largest absolute Gasteiger partial charge is 0.501 e. The van der Waals surface area contributed by atoms with E-state index in [1.807, 2.05) is 0 Å². The van der Waals surface area contributed by atoms with Crippen molar-refractivity contribution >= 4 is 5.91 Å². The molecule has 0 bridgehead atoms. The van der Waals surface area contributed by atoms with Gasteiger partial charge >= 0.3 is 6.18 Å². The summed E-state index contributed by atoms with van der Waals surface area (Å²) >= 11 is 0. The Kier molecular flexibility index (Phi) is 4.80. The standard InChI is InChI=1S/C17H18F3NO3/c18-17(19,20)14-6-2-1-5-13(14)15-10-21(7-9-24-15)16(22)12-4-3-8-23-11-12/h1-2,5-6,11,15H,3-4,7-10H2. The lowest BCUT2D eigenvalue weighted by molar-refractivity contribution is -0.142. The fourth-order valence-corrected chi connectivity index (χ4v) is 2.98. The smallest absolute Gasteiger partial charge is 0.416 e. The minimum absolute atomic E-state index is 0.0661. The lowest BCUT2D eigenvalue weighted by atomic mass is 10.00. The van der Waals surface area contributed by atoms with Crippen LogP contribution in [-0.4, -0.2) is 37.1 Å². The zero-order valence-electron chi connectivity index (χ0n) is 13.0. The van der Waals surface area contributed by atoms with Crippen LogP contribution in [0.2, 0.25) is 0 Å². The molecule has 0 aliphatic carbocycles. The molecule has 130 valence electrons. The van der Waals surface area contributed by atoms with Crippen molar-refractivity contribution in [2.45, 2.75) is 25.1 Å². The van der Waals surface area contributed by atoms with Crippen molar-refractivity contribution in [2.24, 2.45) is 0 Å². The minimum Gasteiger partial charge on any atom is -0.501 e. The zero-order chi connectivity index (χ0) is 17.2. The first-order valence-corrected chi connectivity index (χ1v) is 7.84. The van der Waals surface area contributed by atoms with Gasteiger partial charge in [0.15, 0.2) is 0 Å². The van der Waals surface area contributed by atoms with Crippen molar-refractivity contribution in [3.63, 3.8) is 0 Å². The molecule has 2 aliphatic heterocycles. The van der Waals surface area contributed by atoms with Crippen molar-refractivity contribution in [3.8, 4) is 0 Å². The molecule has 1 atom stereocenters. The van der Waals surface area contributed by atoms with E-state index in [4.69, 9.17) is 9.47 Å². The van der Waals surface area contributed by atoms with Crippen LogP contribution in [0.15, 0.2) is 36.1 Å². The van der Waals surface area contributed by atoms with Crippen LogP contribution in [0.25, 0.3) is 0 Å². The van der Waals surface area contributed by atoms with Crippen LogP contribution >= 0.6 is 0 Å². The average molecular weight is 341 g/mol. The van der Waals surface area contributed by atoms with Gasteiger partial charge in [0.2, 0.25) is 0 Å². The molecule has 24 heavy (non-hydrogen) atoms. The van der Waals surface area contributed by atoms with Crippen LogP contribution in [0, 0.1) is 0 Å². The molecule has 2 aliphatic rings. The Balaban J connectivity index is 1.79. The number of halogens is 3. The fraction of sp³-hybridized carbons (Fsp3) is 0.471. The van der Waals surface area contributed by atoms with Gasteiger partial charge in [-0.2, -0.15) is 13.2 Å². The quantitative estimate of drug-likeness (QED) is 0.828. The molecule has 1 saturated heterocycles. The summed E-state index contributed by atoms with van der Waals surface area (Å²) in [7, 11) is 0. The average Bonchev–Trinajstić information content (AvgIpc) is 2.61. The predicted octanol–water partition coefficient (Wildman–Crippen LogP) is 3.30. The lowest BCUT2D eigenvalue weighted by Crippen LogP contribution is -2.43. The maximum absolute atomic E-state index is 13.2. The Morgan fingerprint density at radius 1 is 1.21 bits per heavy atom. The predicted molar refractivity (Wildman–Crippen MR) is 80.0 cm³/mol. The Morgan fingerprint density at radius 3 is 2.71 bits per heavy atom. The van der Waals surface area contributed by atoms with Crippen LogP contribution in [0.1, 0.15) is 30.1 Å². The third-order valence-electron chi connectivity index (χ3n) is 4.18. The summed E-state index contributed by atoms with van der Waals surface area (Å²) in [6, 6.07) is 5.34. The first-order valence-electron chi connectivity index (χ1n) is 7.84. The Morgan fingerprint density at radius 2 is 2.00 bits per heavy atom. The Labute approximate surface area is 137 Å². The van der Waals surface area contributed by atoms with E-state index in [-0.39, 0.29) is 24.6 Å². The van der Waals surface area contributed by atoms with Crippen molar-refractivity contribution in [2.75, 3.05) is 26.3 Å². The van der Waals surface area contributed by atoms with Gasteiger partial charge in [0, 0.05) is 6.54 Å². The molecule has 0 radical (unpaired) electrons. The normalized spacial score (nSPS) is 21.9. The molecule has 1 aromatic carbocycles. The number of alkyl halides is 3. The van der Waals surface area contributed by atoms with Gasteiger partial charge in [-0.05, 0) is 24.5 Å². The summed E-state index contributed by atoms with van der Waals surface area (Å²) in [6.45, 7) is 1.25. The van der Waals surface area contributed by atoms with E-state index in [2.05, 4.69) is 0 Å². The second kappa shape index (κ2) is 6.84. The van der Waals surface area contributed by atoms with Crippen molar-refractivity contribution < 1.29 is 27.4 Å². The van der Waals surface area contributed by atoms with Crippen LogP contribution in [0.4, 0.5) is 13.2 Å². The number of carbonyl (C=O) groups excluding carboxylic acids is 1. The van der Waals surface area contributed by atoms with E-state index in [0.29, 0.717) is 25.1 Å². The maximum atomic E-state index is 13.2. The third kappa shape index (κ3) is 3.56. The number of morpholine rings is 1. The number of hydrogen-bond donors (Lipinski definition) is 0. The summed E-state index contributed by atoms with van der Waals surface area (Å²) in [5, 5.41) is 0. The van der Waals surface area contributed by atoms with E-state index >= 15 is 0 Å². The van der Waals surface area contributed by atoms with Crippen molar-refractivity contribution in [1.29, 1.82) is 0 Å². The molecular weight excluding hydrogens is 323 g/mol. The molecular formula is C17H18F3NO3. The van der Waals surface area contributed by atoms with Gasteiger partial charge in [0.1, 0.15) is 6.10 Å². The number of carbonyl (C=O) groups is 1. The van der Waals surface area contributed by atoms with Crippen LogP contribution in [0.3, 0.4) is 0 Å². The van der Waals surface area contributed by atoms with Crippen LogP contribution < -0.4 is 0 Å². The van der Waals surface area contributed by atoms with E-state index in [0.717, 1.165) is 12.5 Å². The Hall–Kier alpha value is -2.02. The lowest BCUT2D eigenvalue weighted by Gasteiger charge is -2.35. The highest BCUT2D eigenvalue weighted by Crippen LogP contribution is 2.36. The van der Waals surface area contributed by atoms with Gasteiger partial charge in [-0.25, -0.2) is 0 Å². The van der Waals surface area contributed by atoms with E-state index in [1.165, 1.54) is 18.4 Å². The van der Waals surface area contributed by atoms with Gasteiger partial charge in [-0.1, -0.05) is 18.2 Å². The number of benzene rings is 1. The number of ether oxygens (including phenoxy) is 2. The van der Waals surface area contributed by atoms with Crippen LogP contribution in [-0.2, 0) is 20.4 Å². The first-order chi connectivity index (χ1) is 11.5. The van der Waals surface area contributed by atoms with E-state index in [1.54, 1.807) is 11.0 Å². The molecule has 1 unspecified atom stereocenters. The number of hydrogen-bond acceptors (Lipinski definition) is 3. The summed E-state index contributed by atoms with van der Waals surface area (Å²) in [4.78, 5) is 14.1. The molecule has 7 heteroatoms. The summed E-state index contributed by atoms with van der Waals surface area (Å²) in [5.74, 6) is -0.188. The van der Waals surface area contributed by atoms with E-state index in [9.17, 15) is 18.0 Å². The molecule has 1 amide bonds. The summed E-state index contributed by atoms with van der Waals surface area (Å²) < 4.78 is 50.3. The molecule has 3 rings (SSSR count). The molecule has 0 aromatic heterocycles. The molecule has 1 aromatic rings. The van der Waals surface area contributed by atoms with Crippen molar-refractivity contribution in [3.05, 3.63) is 47.2 Å². The molecule has 4 nitrogen and oxygen atoms in total. The molecule has 1 fully saturated rings. The fourth-order valence-electron chi connectivity index (χ4n) is 2.98. The summed E-state index contributed by atoms with van der Waals surface area (Å²) in [6.07, 6.45) is -2.39. The second-order valence-electron chi connectivity index (χ2n) is 5.81. The molecule has 0 spiro atoms. The SMILES string of the molecule is O=C(C1=COCCC1)N1CCOC(c2ccccc2C(F)(F)F)C1. The van der Waals surface area contributed by atoms with Gasteiger partial charge in [0.25, 0.3) is 5.91 Å². The minimum atomic E-state index is -4.45. The molecule has 0 N–H and O–H groups in total. The summed E-state index contributed by atoms with van der Waals surface area (Å²) in [5.41, 5.74) is -0.0908. The van der Waals surface area contributed by atoms with Gasteiger partial charge in [-0.15, -0.1) is 0 Å². The van der Waals surface area contributed by atoms with E-state index < -0.39 is 17.8 Å². The van der Waals surface area contributed by atoms with Gasteiger partial charge in [-0.3, -0.25) is 4.79 Å². The third-order valence-corrected chi connectivity index (χ3v) is 4.18. The highest BCUT2D eigenvalue weighted by Gasteiger charge is 2.37. The number of amides is 1. The zero-order valence-corrected chi connectivity index (χ0v) is 13.0. The van der Waals surface area contributed by atoms with Gasteiger partial charge < -0.3 is 14.4 Å². The Bertz CT molecular complexity index is 642. The van der Waals surface area contributed by atoms with Crippen LogP contribution in [0.5, 0.6) is 0 Å². The number of rotatable bonds is 2. The highest BCUT2D eigenvalue weighted by atomic mass is 19.4. The monoisotopic (exact) mass is 341 g/mol. The number of nitrogens with zero attached hydrogens (tertiary/aromatic N) is 1. The topological polar surface area (TPSA) is 38.8 Å². The molecule has 0 saturated carbocycles. The van der Waals surface area contributed by atoms with Gasteiger partial charge in [0.05, 0.1) is 37.2 Å². The maximum Gasteiger partial charge on any atom is 0.416 e. The molecule has 2 heterocycles. The highest BCUT2D eigenvalue weighted by molar-refractivity contribution is 5.93.